The minimum absolute atomic E-state index is 0.381. The van der Waals surface area contributed by atoms with E-state index < -0.39 is 17.5 Å². The van der Waals surface area contributed by atoms with Gasteiger partial charge in [-0.3, -0.25) is 0 Å². The molecule has 0 N–H and O–H groups in total. The van der Waals surface area contributed by atoms with Gasteiger partial charge in [-0.15, -0.1) is 11.3 Å². The predicted molar refractivity (Wildman–Crippen MR) is 345 cm³/mol. The van der Waals surface area contributed by atoms with Crippen LogP contribution in [0.15, 0.2) is 182 Å². The molecule has 432 valence electrons. The van der Waals surface area contributed by atoms with Crippen molar-refractivity contribution in [1.82, 2.24) is 0 Å². The molecule has 1 aromatic heterocycles. The number of unbranched alkanes of at least 4 members (excludes halogenated alkanes) is 6. The fraction of sp³-hybridized carbons (Fsp3) is 0.351. The highest BCUT2D eigenvalue weighted by Gasteiger charge is 2.50. The number of hydrogen-bond donors (Lipinski definition) is 0. The Balaban J connectivity index is 0.862. The van der Waals surface area contributed by atoms with Gasteiger partial charge in [0.15, 0.2) is 12.6 Å². The summed E-state index contributed by atoms with van der Waals surface area (Å²) in [7, 11) is 0. The molecule has 0 bridgehead atoms. The molecule has 0 aliphatic carbocycles. The molecule has 3 heterocycles. The van der Waals surface area contributed by atoms with E-state index in [0.29, 0.717) is 0 Å². The number of benzene rings is 7. The molecule has 2 saturated heterocycles. The molecule has 10 rings (SSSR count). The maximum atomic E-state index is 6.39. The molecule has 7 aromatic carbocycles. The van der Waals surface area contributed by atoms with Gasteiger partial charge in [-0.1, -0.05) is 137 Å². The summed E-state index contributed by atoms with van der Waals surface area (Å²) in [5, 5.41) is 0. The van der Waals surface area contributed by atoms with Gasteiger partial charge in [0.2, 0.25) is 0 Å². The molecule has 0 radical (unpaired) electrons. The summed E-state index contributed by atoms with van der Waals surface area (Å²) in [5.74, 6) is 1.77. The smallest absolute Gasteiger partial charge is 0.194 e. The monoisotopic (exact) mass is 1130 g/mol. The fourth-order valence-corrected chi connectivity index (χ4v) is 11.3. The molecular weight excluding hydrogens is 1040 g/mol. The van der Waals surface area contributed by atoms with E-state index >= 15 is 0 Å². The van der Waals surface area contributed by atoms with Gasteiger partial charge in [0.05, 0.1) is 40.5 Å². The number of nitrogens with zero attached hydrogens (tertiary/aromatic N) is 2. The molecule has 2 fully saturated rings. The minimum Gasteiger partial charge on any atom is -0.494 e. The lowest BCUT2D eigenvalue weighted by Gasteiger charge is -2.30. The zero-order chi connectivity index (χ0) is 58.2. The van der Waals surface area contributed by atoms with Crippen molar-refractivity contribution in [3.63, 3.8) is 0 Å². The first-order valence-electron chi connectivity index (χ1n) is 30.1. The molecule has 0 unspecified atom stereocenters. The normalized spacial score (nSPS) is 16.4. The van der Waals surface area contributed by atoms with E-state index in [1.165, 1.54) is 43.4 Å². The van der Waals surface area contributed by atoms with E-state index in [4.69, 9.17) is 28.4 Å². The summed E-state index contributed by atoms with van der Waals surface area (Å²) in [5.41, 5.74) is 11.4. The molecule has 9 heteroatoms. The van der Waals surface area contributed by atoms with E-state index in [2.05, 4.69) is 273 Å². The average molecular weight is 1130 g/mol. The van der Waals surface area contributed by atoms with Crippen LogP contribution in [-0.2, 0) is 18.9 Å². The van der Waals surface area contributed by atoms with Gasteiger partial charge in [0.25, 0.3) is 0 Å². The number of anilines is 6. The lowest BCUT2D eigenvalue weighted by Crippen LogP contribution is -2.41. The minimum atomic E-state index is -0.396. The Bertz CT molecular complexity index is 3330. The molecule has 2 aliphatic rings. The highest BCUT2D eigenvalue weighted by Crippen LogP contribution is 2.48. The van der Waals surface area contributed by atoms with Crippen molar-refractivity contribution in [2.45, 2.75) is 156 Å². The molecule has 0 saturated carbocycles. The van der Waals surface area contributed by atoms with Crippen LogP contribution in [0.2, 0.25) is 0 Å². The lowest BCUT2D eigenvalue weighted by atomic mass is 9.90. The molecule has 0 atom stereocenters. The van der Waals surface area contributed by atoms with Crippen molar-refractivity contribution in [3.8, 4) is 33.1 Å². The van der Waals surface area contributed by atoms with Gasteiger partial charge in [-0.05, 0) is 205 Å². The van der Waals surface area contributed by atoms with Crippen molar-refractivity contribution < 1.29 is 28.4 Å². The van der Waals surface area contributed by atoms with Gasteiger partial charge >= 0.3 is 0 Å². The second-order valence-corrected chi connectivity index (χ2v) is 25.2. The molecule has 0 amide bonds. The molecule has 83 heavy (non-hydrogen) atoms. The van der Waals surface area contributed by atoms with Crippen LogP contribution < -0.4 is 19.3 Å². The van der Waals surface area contributed by atoms with Crippen molar-refractivity contribution >= 4 is 57.6 Å². The number of thiophene rings is 1. The van der Waals surface area contributed by atoms with E-state index in [-0.39, 0.29) is 17.5 Å². The SMILES string of the molecule is CCCCCCOc1ccc(N(c2ccc(/C=C/c3ccc(N(c4ccc(OCCCCCC)cc4)c4ccc(-c5ccc(C6OC(C)(C)C(C)(C)O6)s5)cc4)cc3)cc2)c2ccc(-c3ccc(C4OC(C)(C)C(C)(C)O4)cc3)cc2)cc1. The van der Waals surface area contributed by atoms with E-state index in [0.717, 1.165) is 110 Å². The second kappa shape index (κ2) is 25.9. The molecule has 8 nitrogen and oxygen atoms in total. The summed E-state index contributed by atoms with van der Waals surface area (Å²) in [6, 6.07) is 65.0. The first-order chi connectivity index (χ1) is 40.0. The maximum Gasteiger partial charge on any atom is 0.194 e. The highest BCUT2D eigenvalue weighted by molar-refractivity contribution is 7.15. The first kappa shape index (κ1) is 59.2. The van der Waals surface area contributed by atoms with Gasteiger partial charge in [-0.2, -0.15) is 0 Å². The topological polar surface area (TPSA) is 61.9 Å². The van der Waals surface area contributed by atoms with Gasteiger partial charge < -0.3 is 38.2 Å². The summed E-state index contributed by atoms with van der Waals surface area (Å²) in [6.45, 7) is 22.7. The predicted octanol–water partition coefficient (Wildman–Crippen LogP) is 21.3. The van der Waals surface area contributed by atoms with Gasteiger partial charge in [0, 0.05) is 44.6 Å². The van der Waals surface area contributed by atoms with E-state index in [1.54, 1.807) is 11.3 Å². The Labute approximate surface area is 498 Å². The van der Waals surface area contributed by atoms with Crippen LogP contribution in [0.5, 0.6) is 11.5 Å². The van der Waals surface area contributed by atoms with Crippen LogP contribution in [-0.4, -0.2) is 35.6 Å². The molecule has 8 aromatic rings. The Kier molecular flexibility index (Phi) is 18.5. The van der Waals surface area contributed by atoms with Crippen molar-refractivity contribution in [1.29, 1.82) is 0 Å². The first-order valence-corrected chi connectivity index (χ1v) is 30.9. The maximum absolute atomic E-state index is 6.39. The largest absolute Gasteiger partial charge is 0.494 e. The third kappa shape index (κ3) is 14.0. The summed E-state index contributed by atoms with van der Waals surface area (Å²) >= 11 is 1.72. The van der Waals surface area contributed by atoms with Crippen molar-refractivity contribution in [3.05, 3.63) is 204 Å². The number of hydrogen-bond acceptors (Lipinski definition) is 9. The van der Waals surface area contributed by atoms with E-state index in [9.17, 15) is 0 Å². The fourth-order valence-electron chi connectivity index (χ4n) is 10.4. The quantitative estimate of drug-likeness (QED) is 0.0438. The van der Waals surface area contributed by atoms with Crippen molar-refractivity contribution in [2.75, 3.05) is 23.0 Å². The number of rotatable bonds is 24. The second-order valence-electron chi connectivity index (χ2n) is 24.1. The van der Waals surface area contributed by atoms with Crippen LogP contribution in [0.25, 0.3) is 33.7 Å². The third-order valence-electron chi connectivity index (χ3n) is 16.9. The molecular formula is C74H84N2O6S. The Morgan fingerprint density at radius 2 is 0.711 bits per heavy atom. The van der Waals surface area contributed by atoms with Gasteiger partial charge in [0.1, 0.15) is 11.5 Å². The van der Waals surface area contributed by atoms with Crippen LogP contribution in [0.3, 0.4) is 0 Å². The summed E-state index contributed by atoms with van der Waals surface area (Å²) < 4.78 is 37.8. The zero-order valence-corrected chi connectivity index (χ0v) is 51.3. The Morgan fingerprint density at radius 3 is 1.10 bits per heavy atom. The summed E-state index contributed by atoms with van der Waals surface area (Å²) in [4.78, 5) is 6.85. The standard InChI is InChI=1S/C74H84N2O6S/c1-11-13-15-17-51-77-65-45-41-63(42-46-65)75(61-37-29-56(30-38-61)55-25-27-58(28-26-55)69-79-71(3,4)72(5,6)80-69)59-33-21-53(22-34-59)19-20-54-23-35-60(36-24-54)76(64-43-47-66(48-44-64)78-52-18-16-14-12-2)62-39-31-57(32-40-62)67-49-50-68(83-67)70-81-73(7,8)74(9,10)82-70/h19-50,69-70H,11-18,51-52H2,1-10H3/b20-19+. The highest BCUT2D eigenvalue weighted by atomic mass is 32.1. The Hall–Kier alpha value is -6.98. The molecule has 2 aliphatic heterocycles. The molecule has 0 spiro atoms. The average Bonchev–Trinajstić information content (AvgIpc) is 2.78. The van der Waals surface area contributed by atoms with Crippen molar-refractivity contribution in [2.24, 2.45) is 0 Å². The van der Waals surface area contributed by atoms with Gasteiger partial charge in [-0.25, -0.2) is 0 Å². The number of ether oxygens (including phenoxy) is 6. The zero-order valence-electron chi connectivity index (χ0n) is 50.5. The van der Waals surface area contributed by atoms with Crippen LogP contribution >= 0.6 is 11.3 Å². The van der Waals surface area contributed by atoms with E-state index in [1.807, 2.05) is 0 Å². The van der Waals surface area contributed by atoms with Crippen LogP contribution in [0.1, 0.15) is 155 Å². The van der Waals surface area contributed by atoms with Crippen LogP contribution in [0.4, 0.5) is 34.1 Å². The lowest BCUT2D eigenvalue weighted by molar-refractivity contribution is -0.0896. The van der Waals surface area contributed by atoms with Crippen LogP contribution in [0, 0.1) is 0 Å². The third-order valence-corrected chi connectivity index (χ3v) is 18.1. The summed E-state index contributed by atoms with van der Waals surface area (Å²) in [6.07, 6.45) is 13.0. The Morgan fingerprint density at radius 1 is 0.373 bits per heavy atom.